The summed E-state index contributed by atoms with van der Waals surface area (Å²) in [5.41, 5.74) is 4.44. The molecule has 26 heavy (non-hydrogen) atoms. The maximum Gasteiger partial charge on any atom is 0.115 e. The van der Waals surface area contributed by atoms with E-state index in [0.29, 0.717) is 17.2 Å². The monoisotopic (exact) mass is 415 g/mol. The molecule has 2 nitrogen and oxygen atoms in total. The van der Waals surface area contributed by atoms with Gasteiger partial charge in [-0.25, -0.2) is 0 Å². The first kappa shape index (κ1) is 19.4. The van der Waals surface area contributed by atoms with Crippen LogP contribution in [0.15, 0.2) is 48.5 Å². The van der Waals surface area contributed by atoms with Crippen LogP contribution in [-0.4, -0.2) is 29.1 Å². The fourth-order valence-electron chi connectivity index (χ4n) is 4.97. The Morgan fingerprint density at radius 2 is 1.92 bits per heavy atom. The average molecular weight is 416 g/mol. The standard InChI is InChI=1S/C23H29NO.BrH/c1-18-7-9-19(10-8-18)11-14-24-15-13-23(12-3-5-21(24)17-23)20-4-2-6-22(25)16-20;/h2,4,6-10,16,21,25H,3,5,11-15,17H2,1H3;1H/t21-,23+;/m1./s1. The maximum atomic E-state index is 9.91. The largest absolute Gasteiger partial charge is 0.508 e. The number of fused-ring (bicyclic) bond motifs is 2. The van der Waals surface area contributed by atoms with Gasteiger partial charge in [-0.05, 0) is 74.2 Å². The number of rotatable bonds is 4. The molecule has 2 bridgehead atoms. The lowest BCUT2D eigenvalue weighted by atomic mass is 9.63. The lowest BCUT2D eigenvalue weighted by molar-refractivity contribution is 0.0524. The van der Waals surface area contributed by atoms with Gasteiger partial charge in [-0.1, -0.05) is 48.4 Å². The Balaban J connectivity index is 0.00000196. The Labute approximate surface area is 168 Å². The molecule has 1 N–H and O–H groups in total. The number of benzene rings is 2. The molecular weight excluding hydrogens is 386 g/mol. The molecular formula is C23H30BrNO. The fraction of sp³-hybridized carbons (Fsp3) is 0.478. The smallest absolute Gasteiger partial charge is 0.115 e. The molecule has 1 aliphatic carbocycles. The average Bonchev–Trinajstić information content (AvgIpc) is 2.63. The summed E-state index contributed by atoms with van der Waals surface area (Å²) in [4.78, 5) is 2.72. The van der Waals surface area contributed by atoms with Crippen LogP contribution >= 0.6 is 17.0 Å². The lowest BCUT2D eigenvalue weighted by Gasteiger charge is -2.51. The molecule has 1 saturated carbocycles. The highest BCUT2D eigenvalue weighted by Crippen LogP contribution is 2.47. The highest BCUT2D eigenvalue weighted by molar-refractivity contribution is 8.93. The van der Waals surface area contributed by atoms with Gasteiger partial charge in [0.05, 0.1) is 0 Å². The van der Waals surface area contributed by atoms with Gasteiger partial charge in [-0.3, -0.25) is 4.90 Å². The van der Waals surface area contributed by atoms with Gasteiger partial charge in [-0.15, -0.1) is 17.0 Å². The van der Waals surface area contributed by atoms with Gasteiger partial charge in [0.1, 0.15) is 5.75 Å². The van der Waals surface area contributed by atoms with Crippen LogP contribution in [0.1, 0.15) is 48.8 Å². The number of aromatic hydroxyl groups is 1. The van der Waals surface area contributed by atoms with Crippen molar-refractivity contribution in [1.29, 1.82) is 0 Å². The molecule has 0 aromatic heterocycles. The van der Waals surface area contributed by atoms with E-state index in [4.69, 9.17) is 0 Å². The molecule has 140 valence electrons. The zero-order valence-corrected chi connectivity index (χ0v) is 17.4. The molecule has 1 saturated heterocycles. The zero-order valence-electron chi connectivity index (χ0n) is 15.7. The predicted molar refractivity (Wildman–Crippen MR) is 113 cm³/mol. The normalized spacial score (nSPS) is 25.5. The summed E-state index contributed by atoms with van der Waals surface area (Å²) in [6.45, 7) is 4.51. The van der Waals surface area contributed by atoms with Crippen molar-refractivity contribution in [3.05, 3.63) is 65.2 Å². The molecule has 0 amide bonds. The van der Waals surface area contributed by atoms with E-state index in [-0.39, 0.29) is 17.0 Å². The molecule has 0 spiro atoms. The summed E-state index contributed by atoms with van der Waals surface area (Å²) in [6.07, 6.45) is 7.54. The van der Waals surface area contributed by atoms with E-state index >= 15 is 0 Å². The van der Waals surface area contributed by atoms with Crippen molar-refractivity contribution in [2.75, 3.05) is 13.1 Å². The predicted octanol–water partition coefficient (Wildman–Crippen LogP) is 5.41. The van der Waals surface area contributed by atoms with E-state index in [1.165, 1.54) is 61.9 Å². The number of halogens is 1. The molecule has 1 aliphatic heterocycles. The SMILES string of the molecule is Br.Cc1ccc(CCN2CC[C@@]3(c4cccc(O)c4)CCC[C@@H]2C3)cc1. The number of piperidine rings is 1. The summed E-state index contributed by atoms with van der Waals surface area (Å²) in [5, 5.41) is 9.91. The quantitative estimate of drug-likeness (QED) is 0.721. The first-order valence-electron chi connectivity index (χ1n) is 9.74. The van der Waals surface area contributed by atoms with Crippen LogP contribution in [0.3, 0.4) is 0 Å². The van der Waals surface area contributed by atoms with Gasteiger partial charge < -0.3 is 5.11 Å². The van der Waals surface area contributed by atoms with Crippen molar-refractivity contribution in [3.63, 3.8) is 0 Å². The van der Waals surface area contributed by atoms with E-state index in [9.17, 15) is 5.11 Å². The van der Waals surface area contributed by atoms with Crippen LogP contribution in [0.4, 0.5) is 0 Å². The molecule has 4 rings (SSSR count). The minimum atomic E-state index is 0. The molecule has 0 unspecified atom stereocenters. The number of aryl methyl sites for hydroxylation is 1. The van der Waals surface area contributed by atoms with Crippen LogP contribution < -0.4 is 0 Å². The van der Waals surface area contributed by atoms with Crippen LogP contribution in [-0.2, 0) is 11.8 Å². The van der Waals surface area contributed by atoms with Crippen molar-refractivity contribution < 1.29 is 5.11 Å². The van der Waals surface area contributed by atoms with Crippen molar-refractivity contribution in [3.8, 4) is 5.75 Å². The van der Waals surface area contributed by atoms with Crippen molar-refractivity contribution in [2.45, 2.75) is 56.9 Å². The van der Waals surface area contributed by atoms with Gasteiger partial charge in [0.25, 0.3) is 0 Å². The second kappa shape index (κ2) is 8.14. The van der Waals surface area contributed by atoms with E-state index < -0.39 is 0 Å². The Hall–Kier alpha value is -1.32. The van der Waals surface area contributed by atoms with Crippen molar-refractivity contribution >= 4 is 17.0 Å². The van der Waals surface area contributed by atoms with Gasteiger partial charge in [0.2, 0.25) is 0 Å². The summed E-state index contributed by atoms with van der Waals surface area (Å²) < 4.78 is 0. The second-order valence-electron chi connectivity index (χ2n) is 8.10. The molecule has 2 aliphatic rings. The zero-order chi connectivity index (χ0) is 17.3. The summed E-state index contributed by atoms with van der Waals surface area (Å²) in [7, 11) is 0. The minimum absolute atomic E-state index is 0. The van der Waals surface area contributed by atoms with Crippen LogP contribution in [0.5, 0.6) is 5.75 Å². The Morgan fingerprint density at radius 1 is 1.12 bits per heavy atom. The molecule has 1 heterocycles. The van der Waals surface area contributed by atoms with Crippen LogP contribution in [0, 0.1) is 6.92 Å². The highest BCUT2D eigenvalue weighted by Gasteiger charge is 2.43. The van der Waals surface area contributed by atoms with Gasteiger partial charge in [0.15, 0.2) is 0 Å². The maximum absolute atomic E-state index is 9.91. The number of hydrogen-bond donors (Lipinski definition) is 1. The Kier molecular flexibility index (Phi) is 6.09. The number of phenols is 1. The Morgan fingerprint density at radius 3 is 2.69 bits per heavy atom. The van der Waals surface area contributed by atoms with Gasteiger partial charge >= 0.3 is 0 Å². The number of phenolic OH excluding ortho intramolecular Hbond substituents is 1. The lowest BCUT2D eigenvalue weighted by Crippen LogP contribution is -2.52. The summed E-state index contributed by atoms with van der Waals surface area (Å²) in [6, 6.07) is 17.7. The van der Waals surface area contributed by atoms with Crippen molar-refractivity contribution in [2.24, 2.45) is 0 Å². The van der Waals surface area contributed by atoms with Crippen LogP contribution in [0.2, 0.25) is 0 Å². The van der Waals surface area contributed by atoms with E-state index in [1.54, 1.807) is 6.07 Å². The molecule has 0 radical (unpaired) electrons. The number of nitrogens with zero attached hydrogens (tertiary/aromatic N) is 1. The third-order valence-electron chi connectivity index (χ3n) is 6.48. The number of hydrogen-bond acceptors (Lipinski definition) is 2. The Bertz CT molecular complexity index is 729. The third kappa shape index (κ3) is 3.99. The van der Waals surface area contributed by atoms with E-state index in [2.05, 4.69) is 42.2 Å². The second-order valence-corrected chi connectivity index (χ2v) is 8.10. The first-order chi connectivity index (χ1) is 12.1. The highest BCUT2D eigenvalue weighted by atomic mass is 79.9. The van der Waals surface area contributed by atoms with E-state index in [1.807, 2.05) is 12.1 Å². The fourth-order valence-corrected chi connectivity index (χ4v) is 4.97. The van der Waals surface area contributed by atoms with E-state index in [0.717, 1.165) is 6.42 Å². The van der Waals surface area contributed by atoms with Crippen LogP contribution in [0.25, 0.3) is 0 Å². The third-order valence-corrected chi connectivity index (χ3v) is 6.48. The first-order valence-corrected chi connectivity index (χ1v) is 9.74. The molecule has 3 heteroatoms. The minimum Gasteiger partial charge on any atom is -0.508 e. The topological polar surface area (TPSA) is 23.5 Å². The van der Waals surface area contributed by atoms with Gasteiger partial charge in [0, 0.05) is 12.6 Å². The molecule has 2 aromatic carbocycles. The van der Waals surface area contributed by atoms with Gasteiger partial charge in [-0.2, -0.15) is 0 Å². The van der Waals surface area contributed by atoms with Crippen molar-refractivity contribution in [1.82, 2.24) is 4.90 Å². The molecule has 2 aromatic rings. The molecule has 2 atom stereocenters. The summed E-state index contributed by atoms with van der Waals surface area (Å²) >= 11 is 0. The molecule has 2 fully saturated rings. The summed E-state index contributed by atoms with van der Waals surface area (Å²) in [5.74, 6) is 0.413. The number of likely N-dealkylation sites (tertiary alicyclic amines) is 1.